The standard InChI is InChI=1S/C10H7Cl2N/c11-10(12)8-5-7-3-1-2-4-9(7)13-6-8/h1-6,10H. The lowest BCUT2D eigenvalue weighted by atomic mass is 10.2. The van der Waals surface area contributed by atoms with Gasteiger partial charge in [-0.1, -0.05) is 18.2 Å². The van der Waals surface area contributed by atoms with Gasteiger partial charge in [0.05, 0.1) is 5.52 Å². The summed E-state index contributed by atoms with van der Waals surface area (Å²) in [5.41, 5.74) is 1.79. The predicted molar refractivity (Wildman–Crippen MR) is 56.2 cm³/mol. The van der Waals surface area contributed by atoms with Gasteiger partial charge < -0.3 is 0 Å². The van der Waals surface area contributed by atoms with Crippen LogP contribution in [-0.4, -0.2) is 4.98 Å². The maximum atomic E-state index is 5.73. The fourth-order valence-electron chi connectivity index (χ4n) is 1.21. The molecule has 2 aromatic rings. The first-order valence-corrected chi connectivity index (χ1v) is 4.77. The van der Waals surface area contributed by atoms with Gasteiger partial charge in [-0.25, -0.2) is 0 Å². The van der Waals surface area contributed by atoms with Gasteiger partial charge in [-0.3, -0.25) is 4.98 Å². The number of benzene rings is 1. The lowest BCUT2D eigenvalue weighted by Crippen LogP contribution is -1.85. The summed E-state index contributed by atoms with van der Waals surface area (Å²) >= 11 is 11.5. The number of fused-ring (bicyclic) bond motifs is 1. The molecule has 0 aliphatic carbocycles. The van der Waals surface area contributed by atoms with Gasteiger partial charge in [0.25, 0.3) is 0 Å². The maximum Gasteiger partial charge on any atom is 0.134 e. The molecule has 0 radical (unpaired) electrons. The Kier molecular flexibility index (Phi) is 2.38. The lowest BCUT2D eigenvalue weighted by Gasteiger charge is -2.02. The van der Waals surface area contributed by atoms with Gasteiger partial charge in [-0.05, 0) is 12.1 Å². The molecule has 13 heavy (non-hydrogen) atoms. The van der Waals surface area contributed by atoms with E-state index in [2.05, 4.69) is 4.98 Å². The zero-order chi connectivity index (χ0) is 9.26. The monoisotopic (exact) mass is 211 g/mol. The number of hydrogen-bond acceptors (Lipinski definition) is 1. The highest BCUT2D eigenvalue weighted by atomic mass is 35.5. The Morgan fingerprint density at radius 2 is 1.92 bits per heavy atom. The molecule has 0 saturated heterocycles. The van der Waals surface area contributed by atoms with Crippen LogP contribution in [0.15, 0.2) is 36.5 Å². The molecular weight excluding hydrogens is 205 g/mol. The highest BCUT2D eigenvalue weighted by Gasteiger charge is 2.03. The molecule has 66 valence electrons. The Labute approximate surface area is 86.3 Å². The minimum atomic E-state index is -0.503. The Morgan fingerprint density at radius 1 is 1.15 bits per heavy atom. The summed E-state index contributed by atoms with van der Waals surface area (Å²) in [6.45, 7) is 0. The average molecular weight is 212 g/mol. The van der Waals surface area contributed by atoms with Crippen molar-refractivity contribution in [3.05, 3.63) is 42.1 Å². The summed E-state index contributed by atoms with van der Waals surface area (Å²) in [6, 6.07) is 9.81. The third kappa shape index (κ3) is 1.77. The van der Waals surface area contributed by atoms with E-state index in [0.29, 0.717) is 0 Å². The molecule has 0 unspecified atom stereocenters. The Morgan fingerprint density at radius 3 is 2.69 bits per heavy atom. The van der Waals surface area contributed by atoms with E-state index in [9.17, 15) is 0 Å². The van der Waals surface area contributed by atoms with Crippen LogP contribution in [0.5, 0.6) is 0 Å². The van der Waals surface area contributed by atoms with Crippen molar-refractivity contribution in [3.63, 3.8) is 0 Å². The number of alkyl halides is 2. The van der Waals surface area contributed by atoms with Crippen LogP contribution in [0.3, 0.4) is 0 Å². The second kappa shape index (κ2) is 3.52. The molecule has 0 aliphatic heterocycles. The van der Waals surface area contributed by atoms with Crippen molar-refractivity contribution in [1.29, 1.82) is 0 Å². The predicted octanol–water partition coefficient (Wildman–Crippen LogP) is 3.71. The Hall–Kier alpha value is -0.790. The first-order valence-electron chi connectivity index (χ1n) is 3.90. The highest BCUT2D eigenvalue weighted by Crippen LogP contribution is 2.25. The normalized spacial score (nSPS) is 11.0. The van der Waals surface area contributed by atoms with Crippen LogP contribution in [0.1, 0.15) is 10.4 Å². The molecular formula is C10H7Cl2N. The molecule has 0 amide bonds. The first-order chi connectivity index (χ1) is 6.27. The number of rotatable bonds is 1. The molecule has 0 N–H and O–H groups in total. The molecule has 2 rings (SSSR count). The molecule has 0 fully saturated rings. The minimum Gasteiger partial charge on any atom is -0.256 e. The maximum absolute atomic E-state index is 5.73. The van der Waals surface area contributed by atoms with E-state index in [4.69, 9.17) is 23.2 Å². The van der Waals surface area contributed by atoms with Crippen LogP contribution >= 0.6 is 23.2 Å². The summed E-state index contributed by atoms with van der Waals surface area (Å²) < 4.78 is 0. The van der Waals surface area contributed by atoms with Crippen LogP contribution in [0.4, 0.5) is 0 Å². The highest BCUT2D eigenvalue weighted by molar-refractivity contribution is 6.44. The summed E-state index contributed by atoms with van der Waals surface area (Å²) in [5.74, 6) is 0. The third-order valence-corrected chi connectivity index (χ3v) is 2.37. The van der Waals surface area contributed by atoms with E-state index in [1.807, 2.05) is 30.3 Å². The molecule has 0 atom stereocenters. The van der Waals surface area contributed by atoms with E-state index in [1.165, 1.54) is 0 Å². The number of halogens is 2. The van der Waals surface area contributed by atoms with Crippen molar-refractivity contribution in [1.82, 2.24) is 4.98 Å². The van der Waals surface area contributed by atoms with Crippen LogP contribution in [-0.2, 0) is 0 Å². The molecule has 1 heterocycles. The number of para-hydroxylation sites is 1. The SMILES string of the molecule is ClC(Cl)c1cnc2ccccc2c1. The summed E-state index contributed by atoms with van der Waals surface area (Å²) in [5, 5.41) is 1.06. The van der Waals surface area contributed by atoms with Crippen molar-refractivity contribution in [2.24, 2.45) is 0 Å². The van der Waals surface area contributed by atoms with Crippen molar-refractivity contribution in [2.45, 2.75) is 4.84 Å². The zero-order valence-corrected chi connectivity index (χ0v) is 8.26. The van der Waals surface area contributed by atoms with Gasteiger partial charge in [0.15, 0.2) is 0 Å². The van der Waals surface area contributed by atoms with Gasteiger partial charge in [0.1, 0.15) is 4.84 Å². The molecule has 0 saturated carbocycles. The number of pyridine rings is 1. The van der Waals surface area contributed by atoms with Crippen molar-refractivity contribution in [3.8, 4) is 0 Å². The Balaban J connectivity index is 2.62. The second-order valence-corrected chi connectivity index (χ2v) is 3.86. The van der Waals surface area contributed by atoms with Gasteiger partial charge in [-0.15, -0.1) is 23.2 Å². The van der Waals surface area contributed by atoms with E-state index in [-0.39, 0.29) is 0 Å². The van der Waals surface area contributed by atoms with Gasteiger partial charge in [0, 0.05) is 17.1 Å². The smallest absolute Gasteiger partial charge is 0.134 e. The number of hydrogen-bond donors (Lipinski definition) is 0. The molecule has 0 spiro atoms. The van der Waals surface area contributed by atoms with Crippen molar-refractivity contribution in [2.75, 3.05) is 0 Å². The minimum absolute atomic E-state index is 0.503. The quantitative estimate of drug-likeness (QED) is 0.656. The van der Waals surface area contributed by atoms with Gasteiger partial charge in [0.2, 0.25) is 0 Å². The molecule has 1 aromatic heterocycles. The fraction of sp³-hybridized carbons (Fsp3) is 0.100. The summed E-state index contributed by atoms with van der Waals surface area (Å²) in [7, 11) is 0. The molecule has 0 aliphatic rings. The van der Waals surface area contributed by atoms with Crippen LogP contribution < -0.4 is 0 Å². The zero-order valence-electron chi connectivity index (χ0n) is 6.74. The lowest BCUT2D eigenvalue weighted by molar-refractivity contribution is 1.27. The molecule has 0 bridgehead atoms. The van der Waals surface area contributed by atoms with Crippen LogP contribution in [0.25, 0.3) is 10.9 Å². The van der Waals surface area contributed by atoms with Crippen LogP contribution in [0.2, 0.25) is 0 Å². The third-order valence-electron chi connectivity index (χ3n) is 1.86. The first kappa shape index (κ1) is 8.79. The molecule has 1 aromatic carbocycles. The van der Waals surface area contributed by atoms with Gasteiger partial charge in [-0.2, -0.15) is 0 Å². The molecule has 3 heteroatoms. The topological polar surface area (TPSA) is 12.9 Å². The van der Waals surface area contributed by atoms with E-state index < -0.39 is 4.84 Å². The van der Waals surface area contributed by atoms with Gasteiger partial charge >= 0.3 is 0 Å². The number of nitrogens with zero attached hydrogens (tertiary/aromatic N) is 1. The average Bonchev–Trinajstić information content (AvgIpc) is 2.17. The largest absolute Gasteiger partial charge is 0.256 e. The van der Waals surface area contributed by atoms with Crippen molar-refractivity contribution >= 4 is 34.1 Å². The summed E-state index contributed by atoms with van der Waals surface area (Å²) in [6.07, 6.45) is 1.70. The second-order valence-electron chi connectivity index (χ2n) is 2.76. The molecule has 1 nitrogen and oxygen atoms in total. The van der Waals surface area contributed by atoms with Crippen molar-refractivity contribution < 1.29 is 0 Å². The fourth-order valence-corrected chi connectivity index (χ4v) is 1.45. The number of aromatic nitrogens is 1. The Bertz CT molecular complexity index is 426. The van der Waals surface area contributed by atoms with Crippen LogP contribution in [0, 0.1) is 0 Å². The summed E-state index contributed by atoms with van der Waals surface area (Å²) in [4.78, 5) is 3.73. The van der Waals surface area contributed by atoms with E-state index in [0.717, 1.165) is 16.5 Å². The van der Waals surface area contributed by atoms with E-state index >= 15 is 0 Å². The van der Waals surface area contributed by atoms with E-state index in [1.54, 1.807) is 6.20 Å².